The van der Waals surface area contributed by atoms with E-state index in [1.165, 1.54) is 11.3 Å². The molecule has 3 aromatic rings. The summed E-state index contributed by atoms with van der Waals surface area (Å²) < 4.78 is 2.00. The molecule has 0 spiro atoms. The van der Waals surface area contributed by atoms with Gasteiger partial charge in [0.1, 0.15) is 5.82 Å². The van der Waals surface area contributed by atoms with Gasteiger partial charge in [-0.1, -0.05) is 0 Å². The van der Waals surface area contributed by atoms with Gasteiger partial charge in [0.15, 0.2) is 5.13 Å². The molecular weight excluding hydrogens is 284 g/mol. The van der Waals surface area contributed by atoms with Crippen molar-refractivity contribution in [3.8, 4) is 0 Å². The molecule has 5 nitrogen and oxygen atoms in total. The number of carbonyl (C=O) groups is 1. The lowest BCUT2D eigenvalue weighted by molar-refractivity contribution is 0.102. The minimum Gasteiger partial charge on any atom is -0.331 e. The highest BCUT2D eigenvalue weighted by Crippen LogP contribution is 2.22. The number of hydrogen-bond acceptors (Lipinski definition) is 4. The van der Waals surface area contributed by atoms with Crippen LogP contribution in [-0.4, -0.2) is 20.4 Å². The first kappa shape index (κ1) is 13.8. The van der Waals surface area contributed by atoms with Crippen LogP contribution in [0.25, 0.3) is 11.0 Å². The van der Waals surface area contributed by atoms with Crippen LogP contribution >= 0.6 is 11.3 Å². The zero-order chi connectivity index (χ0) is 15.1. The maximum atomic E-state index is 12.3. The Bertz CT molecular complexity index is 827. The van der Waals surface area contributed by atoms with E-state index in [1.54, 1.807) is 0 Å². The van der Waals surface area contributed by atoms with Crippen LogP contribution < -0.4 is 5.32 Å². The number of nitrogens with one attached hydrogen (secondary N) is 1. The number of carbonyl (C=O) groups excluding carboxylic acids is 1. The molecule has 6 heteroatoms. The summed E-state index contributed by atoms with van der Waals surface area (Å²) in [4.78, 5) is 22.2. The predicted molar refractivity (Wildman–Crippen MR) is 85.0 cm³/mol. The van der Waals surface area contributed by atoms with Crippen molar-refractivity contribution in [1.29, 1.82) is 0 Å². The van der Waals surface area contributed by atoms with Crippen molar-refractivity contribution < 1.29 is 4.79 Å². The van der Waals surface area contributed by atoms with Crippen molar-refractivity contribution in [2.45, 2.75) is 20.8 Å². The van der Waals surface area contributed by atoms with Gasteiger partial charge in [0.25, 0.3) is 5.91 Å². The summed E-state index contributed by atoms with van der Waals surface area (Å²) in [6, 6.07) is 5.54. The number of rotatable bonds is 2. The molecule has 0 bridgehead atoms. The van der Waals surface area contributed by atoms with Gasteiger partial charge in [-0.2, -0.15) is 0 Å². The van der Waals surface area contributed by atoms with Crippen molar-refractivity contribution in [3.05, 3.63) is 40.2 Å². The number of anilines is 1. The maximum Gasteiger partial charge on any atom is 0.257 e. The quantitative estimate of drug-likeness (QED) is 0.790. The van der Waals surface area contributed by atoms with Gasteiger partial charge in [0, 0.05) is 17.5 Å². The van der Waals surface area contributed by atoms with Gasteiger partial charge in [-0.25, -0.2) is 9.97 Å². The fourth-order valence-corrected chi connectivity index (χ4v) is 2.97. The number of nitrogens with zero attached hydrogens (tertiary/aromatic N) is 3. The van der Waals surface area contributed by atoms with Gasteiger partial charge in [0.2, 0.25) is 0 Å². The van der Waals surface area contributed by atoms with E-state index in [-0.39, 0.29) is 5.91 Å². The third-order valence-electron chi connectivity index (χ3n) is 3.62. The molecule has 1 aromatic carbocycles. The molecule has 21 heavy (non-hydrogen) atoms. The Labute approximate surface area is 126 Å². The van der Waals surface area contributed by atoms with Crippen molar-refractivity contribution in [3.63, 3.8) is 0 Å². The van der Waals surface area contributed by atoms with Gasteiger partial charge in [-0.15, -0.1) is 11.3 Å². The van der Waals surface area contributed by atoms with Crippen molar-refractivity contribution >= 4 is 33.4 Å². The fraction of sp³-hybridized carbons (Fsp3) is 0.267. The zero-order valence-corrected chi connectivity index (χ0v) is 13.2. The Hall–Kier alpha value is -2.21. The number of aromatic nitrogens is 3. The molecule has 0 unspecified atom stereocenters. The molecule has 0 fully saturated rings. The summed E-state index contributed by atoms with van der Waals surface area (Å²) in [5.74, 6) is 0.766. The highest BCUT2D eigenvalue weighted by atomic mass is 32.1. The van der Waals surface area contributed by atoms with Crippen LogP contribution in [0.4, 0.5) is 5.13 Å². The second kappa shape index (κ2) is 4.96. The standard InChI is InChI=1S/C15H16N4OS/c1-8-9(2)21-15(16-8)18-14(20)11-5-6-13-12(7-11)17-10(3)19(13)4/h5-7H,1-4H3,(H,16,18,20). The summed E-state index contributed by atoms with van der Waals surface area (Å²) in [6.07, 6.45) is 0. The lowest BCUT2D eigenvalue weighted by Crippen LogP contribution is -2.11. The molecule has 3 rings (SSSR count). The molecule has 0 atom stereocenters. The van der Waals surface area contributed by atoms with E-state index < -0.39 is 0 Å². The third kappa shape index (κ3) is 2.42. The monoisotopic (exact) mass is 300 g/mol. The van der Waals surface area contributed by atoms with Gasteiger partial charge in [0.05, 0.1) is 16.7 Å². The molecule has 2 heterocycles. The van der Waals surface area contributed by atoms with E-state index in [0.29, 0.717) is 10.7 Å². The average Bonchev–Trinajstić information content (AvgIpc) is 2.90. The molecule has 2 aromatic heterocycles. The van der Waals surface area contributed by atoms with E-state index in [4.69, 9.17) is 0 Å². The average molecular weight is 300 g/mol. The summed E-state index contributed by atoms with van der Waals surface area (Å²) in [7, 11) is 1.96. The number of hydrogen-bond donors (Lipinski definition) is 1. The van der Waals surface area contributed by atoms with Gasteiger partial charge in [-0.3, -0.25) is 10.1 Å². The first-order chi connectivity index (χ1) is 9.95. The molecule has 1 amide bonds. The van der Waals surface area contributed by atoms with Crippen molar-refractivity contribution in [1.82, 2.24) is 14.5 Å². The van der Waals surface area contributed by atoms with E-state index in [0.717, 1.165) is 27.4 Å². The Morgan fingerprint density at radius 3 is 2.67 bits per heavy atom. The number of imidazole rings is 1. The second-order valence-electron chi connectivity index (χ2n) is 5.04. The molecule has 0 saturated heterocycles. The summed E-state index contributed by atoms with van der Waals surface area (Å²) in [5.41, 5.74) is 3.39. The summed E-state index contributed by atoms with van der Waals surface area (Å²) >= 11 is 1.48. The highest BCUT2D eigenvalue weighted by Gasteiger charge is 2.12. The highest BCUT2D eigenvalue weighted by molar-refractivity contribution is 7.15. The SMILES string of the molecule is Cc1nc(NC(=O)c2ccc3c(c2)nc(C)n3C)sc1C. The molecule has 0 aliphatic carbocycles. The number of fused-ring (bicyclic) bond motifs is 1. The second-order valence-corrected chi connectivity index (χ2v) is 6.24. The lowest BCUT2D eigenvalue weighted by atomic mass is 10.2. The first-order valence-electron chi connectivity index (χ1n) is 6.64. The van der Waals surface area contributed by atoms with Crippen LogP contribution in [0.2, 0.25) is 0 Å². The minimum atomic E-state index is -0.158. The number of thiazole rings is 1. The Kier molecular flexibility index (Phi) is 3.25. The molecule has 108 valence electrons. The van der Waals surface area contributed by atoms with E-state index in [9.17, 15) is 4.79 Å². The third-order valence-corrected chi connectivity index (χ3v) is 4.60. The van der Waals surface area contributed by atoms with E-state index in [1.807, 2.05) is 50.6 Å². The Balaban J connectivity index is 1.90. The Morgan fingerprint density at radius 2 is 2.00 bits per heavy atom. The number of amides is 1. The van der Waals surface area contributed by atoms with Crippen LogP contribution in [0.3, 0.4) is 0 Å². The van der Waals surface area contributed by atoms with Crippen molar-refractivity contribution in [2.24, 2.45) is 7.05 Å². The summed E-state index contributed by atoms with van der Waals surface area (Å²) in [6.45, 7) is 5.87. The van der Waals surface area contributed by atoms with Crippen molar-refractivity contribution in [2.75, 3.05) is 5.32 Å². The van der Waals surface area contributed by atoms with Crippen LogP contribution in [0.15, 0.2) is 18.2 Å². The summed E-state index contributed by atoms with van der Waals surface area (Å²) in [5, 5.41) is 3.47. The van der Waals surface area contributed by atoms with Crippen LogP contribution in [0.5, 0.6) is 0 Å². The molecule has 0 saturated carbocycles. The number of aryl methyl sites for hydroxylation is 4. The van der Waals surface area contributed by atoms with Gasteiger partial charge < -0.3 is 4.57 Å². The largest absolute Gasteiger partial charge is 0.331 e. The molecule has 0 aliphatic rings. The number of benzene rings is 1. The molecule has 0 aliphatic heterocycles. The van der Waals surface area contributed by atoms with E-state index >= 15 is 0 Å². The smallest absolute Gasteiger partial charge is 0.257 e. The van der Waals surface area contributed by atoms with Crippen LogP contribution in [0.1, 0.15) is 26.8 Å². The molecule has 1 N–H and O–H groups in total. The first-order valence-corrected chi connectivity index (χ1v) is 7.46. The minimum absolute atomic E-state index is 0.158. The van der Waals surface area contributed by atoms with Crippen LogP contribution in [0, 0.1) is 20.8 Å². The predicted octanol–water partition coefficient (Wildman–Crippen LogP) is 3.21. The van der Waals surface area contributed by atoms with E-state index in [2.05, 4.69) is 15.3 Å². The van der Waals surface area contributed by atoms with Crippen LogP contribution in [-0.2, 0) is 7.05 Å². The topological polar surface area (TPSA) is 59.8 Å². The normalized spacial score (nSPS) is 11.0. The fourth-order valence-electron chi connectivity index (χ4n) is 2.16. The zero-order valence-electron chi connectivity index (χ0n) is 12.4. The molecular formula is C15H16N4OS. The van der Waals surface area contributed by atoms with Gasteiger partial charge in [-0.05, 0) is 39.0 Å². The molecule has 0 radical (unpaired) electrons. The van der Waals surface area contributed by atoms with Gasteiger partial charge >= 0.3 is 0 Å². The Morgan fingerprint density at radius 1 is 1.24 bits per heavy atom. The maximum absolute atomic E-state index is 12.3. The lowest BCUT2D eigenvalue weighted by Gasteiger charge is -2.02.